The number of hydrogen-bond donors (Lipinski definition) is 0. The molecule has 1 fully saturated rings. The summed E-state index contributed by atoms with van der Waals surface area (Å²) in [5.74, 6) is 1.87. The van der Waals surface area contributed by atoms with Gasteiger partial charge in [-0.1, -0.05) is 41.9 Å². The van der Waals surface area contributed by atoms with E-state index in [0.29, 0.717) is 41.7 Å². The van der Waals surface area contributed by atoms with Crippen LogP contribution in [0.25, 0.3) is 0 Å². The van der Waals surface area contributed by atoms with Crippen LogP contribution in [-0.2, 0) is 13.0 Å². The van der Waals surface area contributed by atoms with Gasteiger partial charge in [0.25, 0.3) is 5.91 Å². The maximum absolute atomic E-state index is 13.2. The Morgan fingerprint density at radius 1 is 0.906 bits per heavy atom. The lowest BCUT2D eigenvalue weighted by Crippen LogP contribution is -2.38. The number of hydrogen-bond acceptors (Lipinski definition) is 5. The Morgan fingerprint density at radius 3 is 2.44 bits per heavy atom. The number of para-hydroxylation sites is 1. The standard InChI is InChI=1S/C25H25ClN4O2/c26-21-12-6-5-11-19(21)24(31)30-16-13-22-20(17-30)23(32-18-9-3-1-4-10-18)28-25(27-22)29-14-7-2-8-15-29/h1,3-6,9-12H,2,7-8,13-17H2. The third-order valence-electron chi connectivity index (χ3n) is 6.00. The second-order valence-corrected chi connectivity index (χ2v) is 8.58. The molecule has 3 aromatic rings. The van der Waals surface area contributed by atoms with Gasteiger partial charge < -0.3 is 14.5 Å². The molecule has 0 radical (unpaired) electrons. The minimum absolute atomic E-state index is 0.0907. The highest BCUT2D eigenvalue weighted by Gasteiger charge is 2.29. The molecular weight excluding hydrogens is 424 g/mol. The zero-order chi connectivity index (χ0) is 21.9. The van der Waals surface area contributed by atoms with E-state index in [-0.39, 0.29) is 5.91 Å². The number of carbonyl (C=O) groups is 1. The van der Waals surface area contributed by atoms with Crippen LogP contribution in [0.1, 0.15) is 40.9 Å². The molecule has 32 heavy (non-hydrogen) atoms. The molecule has 0 saturated carbocycles. The minimum atomic E-state index is -0.0907. The first-order valence-electron chi connectivity index (χ1n) is 11.1. The molecule has 5 rings (SSSR count). The zero-order valence-electron chi connectivity index (χ0n) is 17.8. The number of piperidine rings is 1. The van der Waals surface area contributed by atoms with E-state index in [1.807, 2.05) is 42.5 Å². The Labute approximate surface area is 192 Å². The Morgan fingerprint density at radius 2 is 1.66 bits per heavy atom. The number of benzene rings is 2. The quantitative estimate of drug-likeness (QED) is 0.555. The second kappa shape index (κ2) is 9.17. The van der Waals surface area contributed by atoms with Gasteiger partial charge in [0.2, 0.25) is 11.8 Å². The summed E-state index contributed by atoms with van der Waals surface area (Å²) in [6.45, 7) is 2.89. The maximum Gasteiger partial charge on any atom is 0.255 e. The highest BCUT2D eigenvalue weighted by atomic mass is 35.5. The fourth-order valence-corrected chi connectivity index (χ4v) is 4.49. The molecule has 2 aliphatic rings. The van der Waals surface area contributed by atoms with Crippen molar-refractivity contribution in [2.45, 2.75) is 32.2 Å². The van der Waals surface area contributed by atoms with E-state index >= 15 is 0 Å². The number of ether oxygens (including phenoxy) is 1. The lowest BCUT2D eigenvalue weighted by Gasteiger charge is -2.32. The van der Waals surface area contributed by atoms with Crippen molar-refractivity contribution in [3.63, 3.8) is 0 Å². The molecule has 3 heterocycles. The first kappa shape index (κ1) is 20.8. The van der Waals surface area contributed by atoms with Gasteiger partial charge >= 0.3 is 0 Å². The van der Waals surface area contributed by atoms with Crippen LogP contribution in [-0.4, -0.2) is 40.4 Å². The molecule has 0 atom stereocenters. The van der Waals surface area contributed by atoms with Crippen molar-refractivity contribution in [3.05, 3.63) is 76.4 Å². The van der Waals surface area contributed by atoms with E-state index in [1.165, 1.54) is 6.42 Å². The van der Waals surface area contributed by atoms with Crippen LogP contribution >= 0.6 is 11.6 Å². The third kappa shape index (κ3) is 4.28. The molecule has 0 bridgehead atoms. The Balaban J connectivity index is 1.49. The van der Waals surface area contributed by atoms with Gasteiger partial charge in [0, 0.05) is 26.1 Å². The number of amides is 1. The summed E-state index contributed by atoms with van der Waals surface area (Å²) in [5.41, 5.74) is 2.32. The van der Waals surface area contributed by atoms with E-state index in [9.17, 15) is 4.79 Å². The van der Waals surface area contributed by atoms with Gasteiger partial charge in [-0.05, 0) is 43.5 Å². The number of carbonyl (C=O) groups excluding carboxylic acids is 1. The van der Waals surface area contributed by atoms with Crippen LogP contribution in [0, 0.1) is 0 Å². The number of halogens is 1. The molecular formula is C25H25ClN4O2. The van der Waals surface area contributed by atoms with Crippen molar-refractivity contribution in [2.75, 3.05) is 24.5 Å². The van der Waals surface area contributed by atoms with Crippen LogP contribution in [0.3, 0.4) is 0 Å². The number of rotatable bonds is 4. The normalized spacial score (nSPS) is 15.9. The van der Waals surface area contributed by atoms with Gasteiger partial charge in [-0.2, -0.15) is 4.98 Å². The predicted molar refractivity (Wildman–Crippen MR) is 125 cm³/mol. The second-order valence-electron chi connectivity index (χ2n) is 8.17. The topological polar surface area (TPSA) is 58.6 Å². The summed E-state index contributed by atoms with van der Waals surface area (Å²) >= 11 is 6.28. The lowest BCUT2D eigenvalue weighted by molar-refractivity contribution is 0.0732. The molecule has 0 N–H and O–H groups in total. The van der Waals surface area contributed by atoms with Crippen molar-refractivity contribution in [1.82, 2.24) is 14.9 Å². The van der Waals surface area contributed by atoms with Crippen molar-refractivity contribution >= 4 is 23.5 Å². The minimum Gasteiger partial charge on any atom is -0.438 e. The van der Waals surface area contributed by atoms with Gasteiger partial charge in [0.1, 0.15) is 5.75 Å². The largest absolute Gasteiger partial charge is 0.438 e. The van der Waals surface area contributed by atoms with Gasteiger partial charge in [-0.15, -0.1) is 0 Å². The first-order chi connectivity index (χ1) is 15.7. The van der Waals surface area contributed by atoms with E-state index in [0.717, 1.165) is 43.1 Å². The molecule has 7 heteroatoms. The molecule has 0 aliphatic carbocycles. The molecule has 1 amide bonds. The summed E-state index contributed by atoms with van der Waals surface area (Å²) in [6.07, 6.45) is 4.19. The SMILES string of the molecule is O=C(c1ccccc1Cl)N1CCc2nc(N3CCCCC3)nc(Oc3ccccc3)c2C1. The Bertz CT molecular complexity index is 1120. The van der Waals surface area contributed by atoms with E-state index < -0.39 is 0 Å². The molecule has 2 aliphatic heterocycles. The first-order valence-corrected chi connectivity index (χ1v) is 11.5. The van der Waals surface area contributed by atoms with Crippen LogP contribution in [0.2, 0.25) is 5.02 Å². The molecule has 164 valence electrons. The van der Waals surface area contributed by atoms with E-state index in [1.54, 1.807) is 17.0 Å². The molecule has 6 nitrogen and oxygen atoms in total. The van der Waals surface area contributed by atoms with Crippen molar-refractivity contribution in [3.8, 4) is 11.6 Å². The smallest absolute Gasteiger partial charge is 0.255 e. The van der Waals surface area contributed by atoms with Gasteiger partial charge in [-0.3, -0.25) is 4.79 Å². The summed E-state index contributed by atoms with van der Waals surface area (Å²) < 4.78 is 6.22. The number of aromatic nitrogens is 2. The predicted octanol–water partition coefficient (Wildman–Crippen LogP) is 5.11. The van der Waals surface area contributed by atoms with Crippen molar-refractivity contribution in [1.29, 1.82) is 0 Å². The van der Waals surface area contributed by atoms with E-state index in [2.05, 4.69) is 4.90 Å². The van der Waals surface area contributed by atoms with Crippen LogP contribution < -0.4 is 9.64 Å². The third-order valence-corrected chi connectivity index (χ3v) is 6.33. The summed E-state index contributed by atoms with van der Waals surface area (Å²) in [6, 6.07) is 16.8. The summed E-state index contributed by atoms with van der Waals surface area (Å²) in [7, 11) is 0. The van der Waals surface area contributed by atoms with Gasteiger partial charge in [-0.25, -0.2) is 4.98 Å². The summed E-state index contributed by atoms with van der Waals surface area (Å²) in [5, 5.41) is 0.459. The van der Waals surface area contributed by atoms with Gasteiger partial charge in [0.15, 0.2) is 0 Å². The molecule has 1 saturated heterocycles. The fraction of sp³-hybridized carbons (Fsp3) is 0.320. The highest BCUT2D eigenvalue weighted by molar-refractivity contribution is 6.33. The summed E-state index contributed by atoms with van der Waals surface area (Å²) in [4.78, 5) is 26.9. The van der Waals surface area contributed by atoms with Gasteiger partial charge in [0.05, 0.1) is 28.4 Å². The van der Waals surface area contributed by atoms with Crippen LogP contribution in [0.5, 0.6) is 11.6 Å². The highest BCUT2D eigenvalue weighted by Crippen LogP contribution is 2.33. The van der Waals surface area contributed by atoms with Crippen LogP contribution in [0.15, 0.2) is 54.6 Å². The van der Waals surface area contributed by atoms with Crippen molar-refractivity contribution in [2.24, 2.45) is 0 Å². The maximum atomic E-state index is 13.2. The number of nitrogens with zero attached hydrogens (tertiary/aromatic N) is 4. The number of anilines is 1. The molecule has 0 unspecified atom stereocenters. The van der Waals surface area contributed by atoms with Crippen molar-refractivity contribution < 1.29 is 9.53 Å². The Hall–Kier alpha value is -3.12. The number of fused-ring (bicyclic) bond motifs is 1. The lowest BCUT2D eigenvalue weighted by atomic mass is 10.0. The Kier molecular flexibility index (Phi) is 5.95. The zero-order valence-corrected chi connectivity index (χ0v) is 18.6. The molecule has 1 aromatic heterocycles. The monoisotopic (exact) mass is 448 g/mol. The average molecular weight is 449 g/mol. The molecule has 0 spiro atoms. The fourth-order valence-electron chi connectivity index (χ4n) is 4.27. The average Bonchev–Trinajstić information content (AvgIpc) is 2.85. The van der Waals surface area contributed by atoms with Crippen LogP contribution in [0.4, 0.5) is 5.95 Å². The van der Waals surface area contributed by atoms with E-state index in [4.69, 9.17) is 26.3 Å². The molecule has 2 aromatic carbocycles.